The minimum atomic E-state index is -3.93. The Hall–Kier alpha value is -3.56. The molecule has 0 aromatic heterocycles. The van der Waals surface area contributed by atoms with Gasteiger partial charge in [0.15, 0.2) is 11.5 Å². The minimum absolute atomic E-state index is 0.0827. The van der Waals surface area contributed by atoms with E-state index in [1.807, 2.05) is 33.8 Å². The van der Waals surface area contributed by atoms with Crippen LogP contribution in [0.4, 0.5) is 0 Å². The third kappa shape index (κ3) is 6.03. The zero-order chi connectivity index (χ0) is 24.0. The molecule has 33 heavy (non-hydrogen) atoms. The van der Waals surface area contributed by atoms with Gasteiger partial charge in [-0.1, -0.05) is 53.1 Å². The highest BCUT2D eigenvalue weighted by Gasteiger charge is 2.21. The summed E-state index contributed by atoms with van der Waals surface area (Å²) in [6, 6.07) is 19.6. The van der Waals surface area contributed by atoms with E-state index in [9.17, 15) is 13.7 Å². The van der Waals surface area contributed by atoms with Gasteiger partial charge in [-0.3, -0.25) is 0 Å². The number of rotatable bonds is 8. The van der Waals surface area contributed by atoms with Crippen LogP contribution in [-0.4, -0.2) is 15.0 Å². The average molecular weight is 462 g/mol. The Morgan fingerprint density at radius 3 is 2.15 bits per heavy atom. The Balaban J connectivity index is 1.90. The maximum absolute atomic E-state index is 12.9. The molecule has 6 heteroatoms. The second-order valence-corrected chi connectivity index (χ2v) is 9.78. The van der Waals surface area contributed by atoms with Crippen molar-refractivity contribution in [3.05, 3.63) is 93.4 Å². The Morgan fingerprint density at radius 2 is 1.55 bits per heavy atom. The molecule has 0 aliphatic rings. The highest BCUT2D eigenvalue weighted by atomic mass is 32.2. The van der Waals surface area contributed by atoms with Crippen LogP contribution < -0.4 is 9.47 Å². The first kappa shape index (κ1) is 24.1. The topological polar surface area (TPSA) is 76.4 Å². The van der Waals surface area contributed by atoms with Crippen molar-refractivity contribution in [2.75, 3.05) is 6.61 Å². The Morgan fingerprint density at radius 1 is 0.879 bits per heavy atom. The van der Waals surface area contributed by atoms with Crippen LogP contribution in [0.15, 0.2) is 70.5 Å². The zero-order valence-corrected chi connectivity index (χ0v) is 20.1. The second-order valence-electron chi connectivity index (χ2n) is 7.86. The van der Waals surface area contributed by atoms with Crippen molar-refractivity contribution < 1.29 is 17.9 Å². The SMILES string of the molecule is CCOc1cc(C=C(C#N)S(=O)(=O)c2ccc(C)cc2)ccc1OCc1cc(C)cc(C)c1. The number of nitrogens with zero attached hydrogens (tertiary/aromatic N) is 1. The van der Waals surface area contributed by atoms with E-state index in [2.05, 4.69) is 18.2 Å². The fraction of sp³-hybridized carbons (Fsp3) is 0.222. The first-order valence-electron chi connectivity index (χ1n) is 10.6. The molecule has 0 bridgehead atoms. The van der Waals surface area contributed by atoms with E-state index < -0.39 is 9.84 Å². The third-order valence-electron chi connectivity index (χ3n) is 4.97. The van der Waals surface area contributed by atoms with E-state index in [1.165, 1.54) is 18.2 Å². The van der Waals surface area contributed by atoms with Crippen molar-refractivity contribution >= 4 is 15.9 Å². The lowest BCUT2D eigenvalue weighted by Crippen LogP contribution is -2.04. The largest absolute Gasteiger partial charge is 0.490 e. The molecule has 3 aromatic rings. The predicted molar refractivity (Wildman–Crippen MR) is 130 cm³/mol. The van der Waals surface area contributed by atoms with E-state index in [-0.39, 0.29) is 9.80 Å². The molecule has 5 nitrogen and oxygen atoms in total. The zero-order valence-electron chi connectivity index (χ0n) is 19.3. The molecule has 0 saturated carbocycles. The molecule has 170 valence electrons. The maximum atomic E-state index is 12.9. The lowest BCUT2D eigenvalue weighted by atomic mass is 10.1. The highest BCUT2D eigenvalue weighted by molar-refractivity contribution is 7.95. The number of aryl methyl sites for hydroxylation is 3. The van der Waals surface area contributed by atoms with Gasteiger partial charge in [0.25, 0.3) is 0 Å². The number of ether oxygens (including phenoxy) is 2. The van der Waals surface area contributed by atoms with Gasteiger partial charge in [0.05, 0.1) is 11.5 Å². The van der Waals surface area contributed by atoms with Crippen LogP contribution >= 0.6 is 0 Å². The van der Waals surface area contributed by atoms with Crippen LogP contribution in [0.1, 0.15) is 34.7 Å². The standard InChI is InChI=1S/C27H27NO4S/c1-5-31-27-16-22(8-11-26(27)32-18-23-13-20(3)12-21(4)14-23)15-25(17-28)33(29,30)24-9-6-19(2)7-10-24/h6-16H,5,18H2,1-4H3. The summed E-state index contributed by atoms with van der Waals surface area (Å²) in [4.78, 5) is -0.253. The van der Waals surface area contributed by atoms with Crippen molar-refractivity contribution in [1.29, 1.82) is 5.26 Å². The van der Waals surface area contributed by atoms with Gasteiger partial charge in [-0.2, -0.15) is 5.26 Å². The van der Waals surface area contributed by atoms with E-state index in [4.69, 9.17) is 9.47 Å². The second kappa shape index (κ2) is 10.4. The lowest BCUT2D eigenvalue weighted by Gasteiger charge is -2.13. The summed E-state index contributed by atoms with van der Waals surface area (Å²) in [5.74, 6) is 1.04. The van der Waals surface area contributed by atoms with E-state index in [0.717, 1.165) is 22.3 Å². The predicted octanol–water partition coefficient (Wildman–Crippen LogP) is 5.93. The molecular weight excluding hydrogens is 434 g/mol. The molecular formula is C27H27NO4S. The van der Waals surface area contributed by atoms with Gasteiger partial charge < -0.3 is 9.47 Å². The van der Waals surface area contributed by atoms with Gasteiger partial charge in [-0.15, -0.1) is 0 Å². The molecule has 0 spiro atoms. The van der Waals surface area contributed by atoms with E-state index >= 15 is 0 Å². The minimum Gasteiger partial charge on any atom is -0.490 e. The molecule has 3 aromatic carbocycles. The molecule has 0 radical (unpaired) electrons. The molecule has 0 amide bonds. The van der Waals surface area contributed by atoms with E-state index in [0.29, 0.717) is 30.3 Å². The number of sulfone groups is 1. The fourth-order valence-electron chi connectivity index (χ4n) is 3.48. The fourth-order valence-corrected chi connectivity index (χ4v) is 4.64. The third-order valence-corrected chi connectivity index (χ3v) is 6.65. The summed E-state index contributed by atoms with van der Waals surface area (Å²) in [5, 5.41) is 9.57. The molecule has 3 rings (SSSR count). The van der Waals surface area contributed by atoms with Gasteiger partial charge in [0, 0.05) is 0 Å². The number of hydrogen-bond acceptors (Lipinski definition) is 5. The molecule has 0 aliphatic carbocycles. The molecule has 0 unspecified atom stereocenters. The van der Waals surface area contributed by atoms with Crippen LogP contribution in [0, 0.1) is 32.1 Å². The Labute approximate surface area is 195 Å². The van der Waals surface area contributed by atoms with Crippen LogP contribution in [0.2, 0.25) is 0 Å². The highest BCUT2D eigenvalue weighted by Crippen LogP contribution is 2.31. The van der Waals surface area contributed by atoms with Crippen LogP contribution in [-0.2, 0) is 16.4 Å². The molecule has 0 saturated heterocycles. The maximum Gasteiger partial charge on any atom is 0.216 e. The first-order valence-corrected chi connectivity index (χ1v) is 12.1. The summed E-state index contributed by atoms with van der Waals surface area (Å²) in [6.45, 7) is 8.61. The quantitative estimate of drug-likeness (QED) is 0.389. The summed E-state index contributed by atoms with van der Waals surface area (Å²) in [5.41, 5.74) is 4.85. The average Bonchev–Trinajstić information content (AvgIpc) is 2.76. The summed E-state index contributed by atoms with van der Waals surface area (Å²) >= 11 is 0. The number of benzene rings is 3. The van der Waals surface area contributed by atoms with Gasteiger partial charge in [-0.25, -0.2) is 8.42 Å². The van der Waals surface area contributed by atoms with E-state index in [1.54, 1.807) is 30.3 Å². The first-order chi connectivity index (χ1) is 15.7. The Bertz CT molecular complexity index is 1300. The van der Waals surface area contributed by atoms with Crippen LogP contribution in [0.5, 0.6) is 11.5 Å². The number of hydrogen-bond donors (Lipinski definition) is 0. The Kier molecular flexibility index (Phi) is 7.57. The van der Waals surface area contributed by atoms with Gasteiger partial charge in [0.1, 0.15) is 17.6 Å². The summed E-state index contributed by atoms with van der Waals surface area (Å²) < 4.78 is 37.6. The normalized spacial score (nSPS) is 11.7. The van der Waals surface area contributed by atoms with Crippen molar-refractivity contribution in [3.63, 3.8) is 0 Å². The van der Waals surface area contributed by atoms with Crippen molar-refractivity contribution in [2.45, 2.75) is 39.2 Å². The number of allylic oxidation sites excluding steroid dienone is 1. The van der Waals surface area contributed by atoms with Crippen molar-refractivity contribution in [3.8, 4) is 17.6 Å². The van der Waals surface area contributed by atoms with Gasteiger partial charge >= 0.3 is 0 Å². The molecule has 0 N–H and O–H groups in total. The summed E-state index contributed by atoms with van der Waals surface area (Å²) in [7, 11) is -3.93. The molecule has 0 fully saturated rings. The van der Waals surface area contributed by atoms with Gasteiger partial charge in [0.2, 0.25) is 9.84 Å². The summed E-state index contributed by atoms with van der Waals surface area (Å²) in [6.07, 6.45) is 1.35. The molecule has 0 heterocycles. The van der Waals surface area contributed by atoms with Gasteiger partial charge in [-0.05, 0) is 69.2 Å². The van der Waals surface area contributed by atoms with Crippen LogP contribution in [0.25, 0.3) is 6.08 Å². The van der Waals surface area contributed by atoms with Crippen molar-refractivity contribution in [2.24, 2.45) is 0 Å². The van der Waals surface area contributed by atoms with Crippen molar-refractivity contribution in [1.82, 2.24) is 0 Å². The number of nitriles is 1. The smallest absolute Gasteiger partial charge is 0.216 e. The monoisotopic (exact) mass is 461 g/mol. The lowest BCUT2D eigenvalue weighted by molar-refractivity contribution is 0.269. The molecule has 0 aliphatic heterocycles. The van der Waals surface area contributed by atoms with Crippen LogP contribution in [0.3, 0.4) is 0 Å². The molecule has 0 atom stereocenters.